The van der Waals surface area contributed by atoms with E-state index in [1.165, 1.54) is 24.2 Å². The predicted octanol–water partition coefficient (Wildman–Crippen LogP) is 4.67. The van der Waals surface area contributed by atoms with Crippen molar-refractivity contribution < 1.29 is 0 Å². The Balaban J connectivity index is 2.16. The highest BCUT2D eigenvalue weighted by atomic mass is 79.9. The van der Waals surface area contributed by atoms with Crippen molar-refractivity contribution >= 4 is 38.7 Å². The van der Waals surface area contributed by atoms with Crippen LogP contribution in [0.4, 0.5) is 0 Å². The highest BCUT2D eigenvalue weighted by Gasteiger charge is 2.04. The Labute approximate surface area is 114 Å². The summed E-state index contributed by atoms with van der Waals surface area (Å²) in [5.74, 6) is 1.16. The summed E-state index contributed by atoms with van der Waals surface area (Å²) in [6.45, 7) is 2.23. The number of hydrogen-bond donors (Lipinski definition) is 0. The Morgan fingerprint density at radius 1 is 1.29 bits per heavy atom. The molecule has 0 saturated carbocycles. The van der Waals surface area contributed by atoms with Crippen LogP contribution in [0.3, 0.4) is 0 Å². The molecule has 0 aliphatic rings. The molecule has 0 fully saturated rings. The standard InChI is InChI=1S/C13H15BrN2S/c1-2-3-4-7-17-12-5-6-15-11-8-10(14)9-16-13(11)12/h5-6,8-9H,2-4,7H2,1H3. The predicted molar refractivity (Wildman–Crippen MR) is 77.5 cm³/mol. The third-order valence-corrected chi connectivity index (χ3v) is 4.08. The first-order valence-corrected chi connectivity index (χ1v) is 7.62. The molecule has 2 aromatic rings. The van der Waals surface area contributed by atoms with Gasteiger partial charge >= 0.3 is 0 Å². The molecule has 0 bridgehead atoms. The summed E-state index contributed by atoms with van der Waals surface area (Å²) in [5, 5.41) is 0. The average Bonchev–Trinajstić information content (AvgIpc) is 2.34. The number of aromatic nitrogens is 2. The van der Waals surface area contributed by atoms with Crippen molar-refractivity contribution in [1.29, 1.82) is 0 Å². The van der Waals surface area contributed by atoms with E-state index < -0.39 is 0 Å². The molecule has 0 radical (unpaired) electrons. The van der Waals surface area contributed by atoms with Crippen molar-refractivity contribution in [2.75, 3.05) is 5.75 Å². The van der Waals surface area contributed by atoms with Crippen molar-refractivity contribution in [2.24, 2.45) is 0 Å². The van der Waals surface area contributed by atoms with Crippen molar-refractivity contribution in [3.05, 3.63) is 29.0 Å². The Bertz CT molecular complexity index is 502. The second-order valence-corrected chi connectivity index (χ2v) is 5.94. The zero-order valence-electron chi connectivity index (χ0n) is 9.82. The molecule has 90 valence electrons. The zero-order chi connectivity index (χ0) is 12.1. The SMILES string of the molecule is CCCCCSc1ccnc2cc(Br)cnc12. The second-order valence-electron chi connectivity index (χ2n) is 3.89. The van der Waals surface area contributed by atoms with Crippen LogP contribution in [-0.2, 0) is 0 Å². The fourth-order valence-corrected chi connectivity index (χ4v) is 2.97. The number of pyridine rings is 2. The van der Waals surface area contributed by atoms with Gasteiger partial charge in [0.15, 0.2) is 0 Å². The highest BCUT2D eigenvalue weighted by molar-refractivity contribution is 9.10. The number of thioether (sulfide) groups is 1. The van der Waals surface area contributed by atoms with Gasteiger partial charge in [-0.25, -0.2) is 0 Å². The molecule has 17 heavy (non-hydrogen) atoms. The van der Waals surface area contributed by atoms with E-state index in [0.29, 0.717) is 0 Å². The molecule has 0 aliphatic carbocycles. The summed E-state index contributed by atoms with van der Waals surface area (Å²) < 4.78 is 0.977. The third kappa shape index (κ3) is 3.42. The topological polar surface area (TPSA) is 25.8 Å². The molecule has 0 N–H and O–H groups in total. The first kappa shape index (κ1) is 12.8. The molecular formula is C13H15BrN2S. The van der Waals surface area contributed by atoms with Crippen LogP contribution >= 0.6 is 27.7 Å². The van der Waals surface area contributed by atoms with Gasteiger partial charge < -0.3 is 0 Å². The highest BCUT2D eigenvalue weighted by Crippen LogP contribution is 2.27. The Morgan fingerprint density at radius 2 is 2.18 bits per heavy atom. The molecule has 0 unspecified atom stereocenters. The molecule has 2 nitrogen and oxygen atoms in total. The van der Waals surface area contributed by atoms with Gasteiger partial charge in [-0.2, -0.15) is 0 Å². The number of rotatable bonds is 5. The van der Waals surface area contributed by atoms with E-state index in [-0.39, 0.29) is 0 Å². The molecule has 0 spiro atoms. The smallest absolute Gasteiger partial charge is 0.102 e. The van der Waals surface area contributed by atoms with Crippen LogP contribution in [0.5, 0.6) is 0 Å². The molecule has 0 saturated heterocycles. The van der Waals surface area contributed by atoms with Gasteiger partial charge in [-0.05, 0) is 40.2 Å². The molecule has 0 aliphatic heterocycles. The fourth-order valence-electron chi connectivity index (χ4n) is 1.63. The van der Waals surface area contributed by atoms with E-state index in [1.807, 2.05) is 30.2 Å². The number of halogens is 1. The summed E-state index contributed by atoms with van der Waals surface area (Å²) in [6.07, 6.45) is 7.53. The van der Waals surface area contributed by atoms with Crippen LogP contribution in [0.25, 0.3) is 11.0 Å². The van der Waals surface area contributed by atoms with E-state index in [9.17, 15) is 0 Å². The summed E-state index contributed by atoms with van der Waals surface area (Å²) in [4.78, 5) is 10.0. The van der Waals surface area contributed by atoms with Gasteiger partial charge in [0.25, 0.3) is 0 Å². The maximum Gasteiger partial charge on any atom is 0.102 e. The monoisotopic (exact) mass is 310 g/mol. The second kappa shape index (κ2) is 6.36. The van der Waals surface area contributed by atoms with E-state index in [2.05, 4.69) is 38.9 Å². The van der Waals surface area contributed by atoms with Crippen LogP contribution in [0, 0.1) is 0 Å². The Hall–Kier alpha value is -0.610. The van der Waals surface area contributed by atoms with Crippen LogP contribution in [-0.4, -0.2) is 15.7 Å². The Morgan fingerprint density at radius 3 is 3.00 bits per heavy atom. The summed E-state index contributed by atoms with van der Waals surface area (Å²) >= 11 is 5.30. The minimum absolute atomic E-state index is 0.958. The van der Waals surface area contributed by atoms with Crippen molar-refractivity contribution in [2.45, 2.75) is 31.1 Å². The fraction of sp³-hybridized carbons (Fsp3) is 0.385. The number of fused-ring (bicyclic) bond motifs is 1. The molecule has 2 heterocycles. The van der Waals surface area contributed by atoms with E-state index in [4.69, 9.17) is 0 Å². The summed E-state index contributed by atoms with van der Waals surface area (Å²) in [5.41, 5.74) is 1.97. The largest absolute Gasteiger partial charge is 0.254 e. The van der Waals surface area contributed by atoms with Gasteiger partial charge in [0.2, 0.25) is 0 Å². The van der Waals surface area contributed by atoms with Gasteiger partial charge in [0, 0.05) is 21.8 Å². The van der Waals surface area contributed by atoms with Crippen LogP contribution in [0.2, 0.25) is 0 Å². The minimum Gasteiger partial charge on any atom is -0.254 e. The number of nitrogens with zero attached hydrogens (tertiary/aromatic N) is 2. The Kier molecular flexibility index (Phi) is 4.80. The van der Waals surface area contributed by atoms with Gasteiger partial charge in [-0.3, -0.25) is 9.97 Å². The van der Waals surface area contributed by atoms with Gasteiger partial charge in [0.1, 0.15) is 5.52 Å². The van der Waals surface area contributed by atoms with Gasteiger partial charge in [-0.15, -0.1) is 11.8 Å². The summed E-state index contributed by atoms with van der Waals surface area (Å²) in [6, 6.07) is 4.07. The maximum atomic E-state index is 4.45. The average molecular weight is 311 g/mol. The first-order valence-electron chi connectivity index (χ1n) is 5.84. The third-order valence-electron chi connectivity index (χ3n) is 2.51. The molecule has 0 atom stereocenters. The molecular weight excluding hydrogens is 296 g/mol. The van der Waals surface area contributed by atoms with Gasteiger partial charge in [-0.1, -0.05) is 19.8 Å². The lowest BCUT2D eigenvalue weighted by Crippen LogP contribution is -1.87. The quantitative estimate of drug-likeness (QED) is 0.592. The van der Waals surface area contributed by atoms with E-state index in [0.717, 1.165) is 21.3 Å². The van der Waals surface area contributed by atoms with E-state index in [1.54, 1.807) is 0 Å². The lowest BCUT2D eigenvalue weighted by atomic mass is 10.3. The number of unbranched alkanes of at least 4 members (excludes halogenated alkanes) is 2. The minimum atomic E-state index is 0.958. The van der Waals surface area contributed by atoms with Crippen LogP contribution in [0.1, 0.15) is 26.2 Å². The lowest BCUT2D eigenvalue weighted by Gasteiger charge is -2.04. The molecule has 2 rings (SSSR count). The van der Waals surface area contributed by atoms with E-state index >= 15 is 0 Å². The first-order chi connectivity index (χ1) is 8.31. The molecule has 0 amide bonds. The van der Waals surface area contributed by atoms with Crippen molar-refractivity contribution in [3.8, 4) is 0 Å². The molecule has 0 aromatic carbocycles. The molecule has 4 heteroatoms. The maximum absolute atomic E-state index is 4.45. The summed E-state index contributed by atoms with van der Waals surface area (Å²) in [7, 11) is 0. The lowest BCUT2D eigenvalue weighted by molar-refractivity contribution is 0.778. The normalized spacial score (nSPS) is 10.9. The van der Waals surface area contributed by atoms with Crippen LogP contribution < -0.4 is 0 Å². The van der Waals surface area contributed by atoms with Crippen molar-refractivity contribution in [3.63, 3.8) is 0 Å². The zero-order valence-corrected chi connectivity index (χ0v) is 12.2. The number of hydrogen-bond acceptors (Lipinski definition) is 3. The van der Waals surface area contributed by atoms with Gasteiger partial charge in [0.05, 0.1) is 5.52 Å². The molecule has 2 aromatic heterocycles. The van der Waals surface area contributed by atoms with Crippen molar-refractivity contribution in [1.82, 2.24) is 9.97 Å². The van der Waals surface area contributed by atoms with Crippen LogP contribution in [0.15, 0.2) is 33.9 Å².